The molecule has 1 fully saturated rings. The number of halogens is 3. The molecule has 0 radical (unpaired) electrons. The lowest BCUT2D eigenvalue weighted by Gasteiger charge is -2.40. The molecule has 3 heterocycles. The van der Waals surface area contributed by atoms with E-state index in [1.54, 1.807) is 0 Å². The van der Waals surface area contributed by atoms with Gasteiger partial charge in [-0.1, -0.05) is 43.7 Å². The summed E-state index contributed by atoms with van der Waals surface area (Å²) >= 11 is 0. The molecule has 3 N–H and O–H groups in total. The van der Waals surface area contributed by atoms with Crippen molar-refractivity contribution in [3.8, 4) is 0 Å². The number of hydrogen-bond donors (Lipinski definition) is 2. The minimum atomic E-state index is -4.74. The molecule has 3 aromatic rings. The van der Waals surface area contributed by atoms with Gasteiger partial charge in [0.25, 0.3) is 0 Å². The van der Waals surface area contributed by atoms with E-state index in [1.807, 2.05) is 35.2 Å². The van der Waals surface area contributed by atoms with Crippen molar-refractivity contribution in [2.24, 2.45) is 0 Å². The Morgan fingerprint density at radius 3 is 2.59 bits per heavy atom. The van der Waals surface area contributed by atoms with Gasteiger partial charge in [0.05, 0.1) is 17.2 Å². The van der Waals surface area contributed by atoms with Crippen molar-refractivity contribution in [3.63, 3.8) is 0 Å². The van der Waals surface area contributed by atoms with Gasteiger partial charge in [-0.25, -0.2) is 9.97 Å². The van der Waals surface area contributed by atoms with Gasteiger partial charge in [-0.3, -0.25) is 4.79 Å². The number of alkyl halides is 3. The van der Waals surface area contributed by atoms with Crippen LogP contribution in [0.5, 0.6) is 0 Å². The molecule has 4 rings (SSSR count). The van der Waals surface area contributed by atoms with Crippen LogP contribution in [0, 0.1) is 0 Å². The molecular weight excluding hydrogens is 443 g/mol. The average Bonchev–Trinajstić information content (AvgIpc) is 2.83. The van der Waals surface area contributed by atoms with E-state index in [-0.39, 0.29) is 26.3 Å². The van der Waals surface area contributed by atoms with Crippen LogP contribution in [0.2, 0.25) is 0 Å². The number of pyridine rings is 2. The number of nitrogens with two attached hydrogens (primary N) is 1. The molecule has 1 saturated heterocycles. The highest BCUT2D eigenvalue weighted by Crippen LogP contribution is 2.35. The lowest BCUT2D eigenvalue weighted by Crippen LogP contribution is -2.52. The van der Waals surface area contributed by atoms with Crippen LogP contribution < -0.4 is 16.0 Å². The fraction of sp³-hybridized carbons (Fsp3) is 0.320. The van der Waals surface area contributed by atoms with Crippen molar-refractivity contribution in [1.82, 2.24) is 15.3 Å². The Morgan fingerprint density at radius 2 is 1.91 bits per heavy atom. The molecule has 0 bridgehead atoms. The quantitative estimate of drug-likeness (QED) is 0.484. The molecule has 9 heteroatoms. The van der Waals surface area contributed by atoms with Crippen molar-refractivity contribution in [2.45, 2.75) is 38.0 Å². The number of ketones is 1. The molecule has 182 valence electrons. The summed E-state index contributed by atoms with van der Waals surface area (Å²) in [4.78, 5) is 23.1. The highest BCUT2D eigenvalue weighted by Gasteiger charge is 2.38. The number of benzene rings is 1. The Labute approximate surface area is 199 Å². The van der Waals surface area contributed by atoms with Gasteiger partial charge < -0.3 is 16.0 Å². The fourth-order valence-electron chi connectivity index (χ4n) is 4.31. The number of carbonyl (C=O) groups excluding carboxylic acids is 1. The SMILES string of the molecule is CCC[C@H]1CN(c2ccc(C(F)(F)F)c(C(=O)c3cccnc3N)n2)C[C@H](c2ccccc2)N1.[HH].[HH]. The number of nitrogens with zero attached hydrogens (tertiary/aromatic N) is 3. The van der Waals surface area contributed by atoms with E-state index in [4.69, 9.17) is 5.73 Å². The lowest BCUT2D eigenvalue weighted by molar-refractivity contribution is -0.138. The number of anilines is 2. The zero-order valence-electron chi connectivity index (χ0n) is 18.7. The third-order valence-electron chi connectivity index (χ3n) is 5.93. The number of nitrogen functional groups attached to an aromatic ring is 1. The van der Waals surface area contributed by atoms with Crippen molar-refractivity contribution < 1.29 is 20.8 Å². The Balaban J connectivity index is 0.00000228. The molecule has 1 aliphatic heterocycles. The van der Waals surface area contributed by atoms with Crippen LogP contribution in [0.4, 0.5) is 24.8 Å². The van der Waals surface area contributed by atoms with Gasteiger partial charge in [0.2, 0.25) is 5.78 Å². The van der Waals surface area contributed by atoms with Crippen molar-refractivity contribution >= 4 is 17.4 Å². The van der Waals surface area contributed by atoms with Crippen molar-refractivity contribution in [2.75, 3.05) is 23.7 Å². The largest absolute Gasteiger partial charge is 0.418 e. The van der Waals surface area contributed by atoms with Crippen LogP contribution in [0.25, 0.3) is 0 Å². The molecule has 0 saturated carbocycles. The predicted molar refractivity (Wildman–Crippen MR) is 129 cm³/mol. The van der Waals surface area contributed by atoms with E-state index < -0.39 is 23.2 Å². The maximum Gasteiger partial charge on any atom is 0.418 e. The Kier molecular flexibility index (Phi) is 6.83. The number of rotatable bonds is 6. The summed E-state index contributed by atoms with van der Waals surface area (Å²) in [5, 5.41) is 3.64. The van der Waals surface area contributed by atoms with E-state index >= 15 is 0 Å². The number of aromatic nitrogens is 2. The Hall–Kier alpha value is -3.46. The molecule has 2 aromatic heterocycles. The zero-order chi connectivity index (χ0) is 24.3. The average molecular weight is 474 g/mol. The van der Waals surface area contributed by atoms with E-state index in [0.29, 0.717) is 18.9 Å². The molecule has 6 nitrogen and oxygen atoms in total. The van der Waals surface area contributed by atoms with E-state index in [2.05, 4.69) is 22.2 Å². The predicted octanol–water partition coefficient (Wildman–Crippen LogP) is 5.12. The van der Waals surface area contributed by atoms with Gasteiger partial charge in [0.15, 0.2) is 0 Å². The Morgan fingerprint density at radius 1 is 1.15 bits per heavy atom. The minimum absolute atomic E-state index is 0. The van der Waals surface area contributed by atoms with E-state index in [0.717, 1.165) is 24.5 Å². The third kappa shape index (κ3) is 5.04. The summed E-state index contributed by atoms with van der Waals surface area (Å²) in [6.45, 7) is 3.16. The van der Waals surface area contributed by atoms with Crippen LogP contribution in [-0.2, 0) is 6.18 Å². The fourth-order valence-corrected chi connectivity index (χ4v) is 4.31. The summed E-state index contributed by atoms with van der Waals surface area (Å²) in [7, 11) is 0. The van der Waals surface area contributed by atoms with Crippen LogP contribution in [-0.4, -0.2) is 34.9 Å². The first-order chi connectivity index (χ1) is 16.3. The number of carbonyl (C=O) groups is 1. The zero-order valence-corrected chi connectivity index (χ0v) is 18.7. The second-order valence-electron chi connectivity index (χ2n) is 8.35. The normalized spacial score (nSPS) is 18.6. The highest BCUT2D eigenvalue weighted by molar-refractivity contribution is 6.11. The smallest absolute Gasteiger partial charge is 0.383 e. The van der Waals surface area contributed by atoms with Crippen LogP contribution >= 0.6 is 0 Å². The number of hydrogen-bond acceptors (Lipinski definition) is 6. The standard InChI is InChI=1S/C25H26F3N5O.2H2/c1-2-7-17-14-33(15-20(31-17)16-8-4-3-5-9-16)21-12-11-19(25(26,27)28)22(32-21)23(34)18-10-6-13-30-24(18)29;;/h3-6,8-13,17,20,31H,2,7,14-15H2,1H3,(H2,29,30);2*1H/t17-,20+;;/m0../s1. The molecule has 0 amide bonds. The molecule has 0 aliphatic carbocycles. The van der Waals surface area contributed by atoms with Crippen LogP contribution in [0.1, 0.15) is 55.8 Å². The first-order valence-corrected chi connectivity index (χ1v) is 11.2. The molecule has 0 spiro atoms. The second kappa shape index (κ2) is 9.80. The maximum atomic E-state index is 13.8. The Bertz CT molecular complexity index is 1160. The van der Waals surface area contributed by atoms with E-state index in [9.17, 15) is 18.0 Å². The first-order valence-electron chi connectivity index (χ1n) is 11.2. The van der Waals surface area contributed by atoms with Gasteiger partial charge in [0.1, 0.15) is 17.3 Å². The van der Waals surface area contributed by atoms with Gasteiger partial charge in [-0.15, -0.1) is 0 Å². The number of piperazine rings is 1. The summed E-state index contributed by atoms with van der Waals surface area (Å²) in [5.41, 5.74) is 4.98. The van der Waals surface area contributed by atoms with Gasteiger partial charge in [0, 0.05) is 28.2 Å². The summed E-state index contributed by atoms with van der Waals surface area (Å²) in [5.74, 6) is -0.718. The highest BCUT2D eigenvalue weighted by atomic mass is 19.4. The summed E-state index contributed by atoms with van der Waals surface area (Å²) in [6, 6.07) is 15.1. The lowest BCUT2D eigenvalue weighted by atomic mass is 9.99. The van der Waals surface area contributed by atoms with E-state index in [1.165, 1.54) is 24.4 Å². The molecule has 0 unspecified atom stereocenters. The monoisotopic (exact) mass is 473 g/mol. The summed E-state index contributed by atoms with van der Waals surface area (Å²) < 4.78 is 41.3. The number of nitrogens with one attached hydrogen (secondary N) is 1. The second-order valence-corrected chi connectivity index (χ2v) is 8.35. The molecule has 1 aromatic carbocycles. The van der Waals surface area contributed by atoms with Crippen LogP contribution in [0.3, 0.4) is 0 Å². The minimum Gasteiger partial charge on any atom is -0.383 e. The van der Waals surface area contributed by atoms with Crippen molar-refractivity contribution in [1.29, 1.82) is 0 Å². The van der Waals surface area contributed by atoms with Gasteiger partial charge >= 0.3 is 6.18 Å². The molecule has 1 aliphatic rings. The van der Waals surface area contributed by atoms with Crippen LogP contribution in [0.15, 0.2) is 60.8 Å². The third-order valence-corrected chi connectivity index (χ3v) is 5.93. The molecule has 2 atom stereocenters. The van der Waals surface area contributed by atoms with Gasteiger partial charge in [-0.05, 0) is 36.2 Å². The van der Waals surface area contributed by atoms with Crippen molar-refractivity contribution in [3.05, 3.63) is 83.2 Å². The topological polar surface area (TPSA) is 84.1 Å². The van der Waals surface area contributed by atoms with Gasteiger partial charge in [-0.2, -0.15) is 13.2 Å². The summed E-state index contributed by atoms with van der Waals surface area (Å²) in [6.07, 6.45) is -1.51. The maximum absolute atomic E-state index is 13.8. The first kappa shape index (κ1) is 23.7. The molecular formula is C25H30F3N5O. The molecule has 34 heavy (non-hydrogen) atoms.